The monoisotopic (exact) mass is 473 g/mol. The van der Waals surface area contributed by atoms with E-state index in [2.05, 4.69) is 38.1 Å². The van der Waals surface area contributed by atoms with Gasteiger partial charge in [-0.2, -0.15) is 0 Å². The lowest BCUT2D eigenvalue weighted by molar-refractivity contribution is -0.171. The van der Waals surface area contributed by atoms with Crippen LogP contribution in [0.15, 0.2) is 9.76 Å². The third-order valence-corrected chi connectivity index (χ3v) is 6.42. The van der Waals surface area contributed by atoms with Gasteiger partial charge in [0.1, 0.15) is 16.8 Å². The largest absolute Gasteiger partial charge is 0.394 e. The second kappa shape index (κ2) is 8.11. The number of aromatic nitrogens is 5. The van der Waals surface area contributed by atoms with Crippen molar-refractivity contribution in [1.82, 2.24) is 25.0 Å². The Kier molecular flexibility index (Phi) is 5.92. The minimum Gasteiger partial charge on any atom is -0.394 e. The summed E-state index contributed by atoms with van der Waals surface area (Å²) in [4.78, 5) is 9.17. The van der Waals surface area contributed by atoms with Crippen molar-refractivity contribution in [3.63, 3.8) is 0 Å². The molecule has 1 aliphatic heterocycles. The third-order valence-electron chi connectivity index (χ3n) is 4.82. The van der Waals surface area contributed by atoms with Crippen LogP contribution >= 0.6 is 27.7 Å². The van der Waals surface area contributed by atoms with Crippen LogP contribution in [0.5, 0.6) is 0 Å². The van der Waals surface area contributed by atoms with Crippen LogP contribution in [0.3, 0.4) is 0 Å². The first-order valence-corrected chi connectivity index (χ1v) is 11.2. The maximum atomic E-state index is 9.14. The van der Waals surface area contributed by atoms with Crippen LogP contribution in [0.2, 0.25) is 0 Å². The fourth-order valence-electron chi connectivity index (χ4n) is 3.77. The van der Waals surface area contributed by atoms with Crippen LogP contribution in [-0.4, -0.2) is 73.1 Å². The number of aliphatic hydroxyl groups is 1. The van der Waals surface area contributed by atoms with E-state index in [1.165, 1.54) is 0 Å². The van der Waals surface area contributed by atoms with Crippen LogP contribution < -0.4 is 0 Å². The Labute approximate surface area is 175 Å². The summed E-state index contributed by atoms with van der Waals surface area (Å²) in [7, 11) is 0. The molecule has 2 aromatic rings. The highest BCUT2D eigenvalue weighted by atomic mass is 79.9. The maximum Gasteiger partial charge on any atom is 0.190 e. The molecule has 1 saturated carbocycles. The van der Waals surface area contributed by atoms with Crippen molar-refractivity contribution < 1.29 is 19.3 Å². The number of halogens is 1. The van der Waals surface area contributed by atoms with Gasteiger partial charge in [0.2, 0.25) is 0 Å². The quantitative estimate of drug-likeness (QED) is 0.368. The maximum absolute atomic E-state index is 9.14. The first-order valence-electron chi connectivity index (χ1n) is 9.43. The minimum atomic E-state index is -0.705. The number of thioether (sulfide) groups is 1. The number of ether oxygens (including phenoxy) is 3. The van der Waals surface area contributed by atoms with Crippen molar-refractivity contribution in [3.05, 3.63) is 4.60 Å². The Balaban J connectivity index is 1.69. The fraction of sp³-hybridized carbons (Fsp3) is 0.765. The molecule has 4 atom stereocenters. The summed E-state index contributed by atoms with van der Waals surface area (Å²) in [5.74, 6) is 0.235. The molecule has 2 aliphatic rings. The number of fused-ring (bicyclic) bond motifs is 2. The van der Waals surface area contributed by atoms with Crippen molar-refractivity contribution in [2.75, 3.05) is 19.0 Å². The minimum absolute atomic E-state index is 0.0345. The zero-order valence-corrected chi connectivity index (χ0v) is 18.4. The number of aliphatic hydroxyl groups excluding tert-OH is 1. The standard InChI is InChI=1S/C17H24BrN5O4S/c1-4-7-28-16-19-14(18)11-15(20-16)23(22-21-11)9-8-10(25-6-5-24)13-12(9)26-17(2,3)27-13/h9-10,12-13,24H,4-8H2,1-3H3. The molecule has 2 fully saturated rings. The molecule has 1 N–H and O–H groups in total. The topological polar surface area (TPSA) is 104 Å². The summed E-state index contributed by atoms with van der Waals surface area (Å²) in [5.41, 5.74) is 1.29. The average molecular weight is 474 g/mol. The Bertz CT molecular complexity index is 850. The number of hydrogen-bond acceptors (Lipinski definition) is 9. The normalized spacial score (nSPS) is 28.9. The van der Waals surface area contributed by atoms with Gasteiger partial charge in [-0.05, 0) is 36.2 Å². The van der Waals surface area contributed by atoms with Gasteiger partial charge in [-0.3, -0.25) is 0 Å². The van der Waals surface area contributed by atoms with Gasteiger partial charge in [0.15, 0.2) is 22.1 Å². The van der Waals surface area contributed by atoms with E-state index in [1.54, 1.807) is 11.8 Å². The van der Waals surface area contributed by atoms with Crippen molar-refractivity contribution >= 4 is 38.9 Å². The van der Waals surface area contributed by atoms with Gasteiger partial charge in [0.05, 0.1) is 25.4 Å². The summed E-state index contributed by atoms with van der Waals surface area (Å²) in [5, 5.41) is 18.5. The zero-order valence-electron chi connectivity index (χ0n) is 16.0. The van der Waals surface area contributed by atoms with Crippen molar-refractivity contribution in [3.8, 4) is 0 Å². The van der Waals surface area contributed by atoms with E-state index < -0.39 is 5.79 Å². The molecular weight excluding hydrogens is 450 g/mol. The highest BCUT2D eigenvalue weighted by molar-refractivity contribution is 9.10. The van der Waals surface area contributed by atoms with Crippen molar-refractivity contribution in [2.24, 2.45) is 0 Å². The molecule has 1 aliphatic carbocycles. The SMILES string of the molecule is CCCSc1nc(Br)c2nnn(C3CC(OCCO)C4OC(C)(C)OC43)c2n1. The molecule has 2 aromatic heterocycles. The molecule has 4 unspecified atom stereocenters. The van der Waals surface area contributed by atoms with Crippen molar-refractivity contribution in [1.29, 1.82) is 0 Å². The lowest BCUT2D eigenvalue weighted by Crippen LogP contribution is -2.31. The van der Waals surface area contributed by atoms with E-state index in [9.17, 15) is 0 Å². The fourth-order valence-corrected chi connectivity index (χ4v) is 5.01. The van der Waals surface area contributed by atoms with Gasteiger partial charge in [-0.1, -0.05) is 23.9 Å². The van der Waals surface area contributed by atoms with Gasteiger partial charge in [0, 0.05) is 12.2 Å². The van der Waals surface area contributed by atoms with Gasteiger partial charge in [-0.15, -0.1) is 5.10 Å². The predicted molar refractivity (Wildman–Crippen MR) is 106 cm³/mol. The molecule has 4 rings (SSSR count). The van der Waals surface area contributed by atoms with Crippen LogP contribution in [0, 0.1) is 0 Å². The third kappa shape index (κ3) is 3.80. The molecule has 0 amide bonds. The molecule has 154 valence electrons. The van der Waals surface area contributed by atoms with E-state index in [4.69, 9.17) is 24.3 Å². The molecule has 0 spiro atoms. The Morgan fingerprint density at radius 3 is 2.86 bits per heavy atom. The lowest BCUT2D eigenvalue weighted by atomic mass is 10.2. The lowest BCUT2D eigenvalue weighted by Gasteiger charge is -2.23. The Morgan fingerprint density at radius 1 is 1.32 bits per heavy atom. The Morgan fingerprint density at radius 2 is 2.11 bits per heavy atom. The highest BCUT2D eigenvalue weighted by Crippen LogP contribution is 2.45. The zero-order chi connectivity index (χ0) is 19.9. The first-order chi connectivity index (χ1) is 13.4. The van der Waals surface area contributed by atoms with Gasteiger partial charge < -0.3 is 19.3 Å². The highest BCUT2D eigenvalue weighted by Gasteiger charge is 2.56. The smallest absolute Gasteiger partial charge is 0.190 e. The summed E-state index contributed by atoms with van der Waals surface area (Å²) < 4.78 is 20.5. The molecular formula is C17H24BrN5O4S. The van der Waals surface area contributed by atoms with E-state index in [0.29, 0.717) is 27.3 Å². The molecule has 1 saturated heterocycles. The molecule has 9 nitrogen and oxygen atoms in total. The summed E-state index contributed by atoms with van der Waals surface area (Å²) in [6, 6.07) is -0.133. The molecule has 0 radical (unpaired) electrons. The van der Waals surface area contributed by atoms with Gasteiger partial charge >= 0.3 is 0 Å². The first kappa shape index (κ1) is 20.4. The van der Waals surface area contributed by atoms with Gasteiger partial charge in [-0.25, -0.2) is 14.6 Å². The predicted octanol–water partition coefficient (Wildman–Crippen LogP) is 2.33. The second-order valence-corrected chi connectivity index (χ2v) is 9.17. The molecule has 28 heavy (non-hydrogen) atoms. The number of rotatable bonds is 7. The van der Waals surface area contributed by atoms with E-state index in [0.717, 1.165) is 12.2 Å². The van der Waals surface area contributed by atoms with E-state index in [-0.39, 0.29) is 37.6 Å². The molecule has 0 bridgehead atoms. The van der Waals surface area contributed by atoms with Crippen LogP contribution in [0.1, 0.15) is 39.7 Å². The van der Waals surface area contributed by atoms with E-state index in [1.807, 2.05) is 18.5 Å². The van der Waals surface area contributed by atoms with E-state index >= 15 is 0 Å². The molecule has 11 heteroatoms. The van der Waals surface area contributed by atoms with Crippen LogP contribution in [0.25, 0.3) is 11.2 Å². The molecule has 0 aromatic carbocycles. The Hall–Kier alpha value is -0.850. The average Bonchev–Trinajstić information content (AvgIpc) is 3.29. The van der Waals surface area contributed by atoms with Gasteiger partial charge in [0.25, 0.3) is 0 Å². The van der Waals surface area contributed by atoms with Crippen LogP contribution in [-0.2, 0) is 14.2 Å². The number of nitrogens with zero attached hydrogens (tertiary/aromatic N) is 5. The number of hydrogen-bond donors (Lipinski definition) is 1. The summed E-state index contributed by atoms with van der Waals surface area (Å²) in [6.45, 7) is 6.13. The molecule has 3 heterocycles. The van der Waals surface area contributed by atoms with Crippen LogP contribution in [0.4, 0.5) is 0 Å². The second-order valence-electron chi connectivity index (χ2n) is 7.35. The summed E-state index contributed by atoms with van der Waals surface area (Å²) in [6.07, 6.45) is 1.03. The van der Waals surface area contributed by atoms with Crippen molar-refractivity contribution in [2.45, 2.75) is 68.9 Å². The summed E-state index contributed by atoms with van der Waals surface area (Å²) >= 11 is 5.10.